The van der Waals surface area contributed by atoms with Gasteiger partial charge >= 0.3 is 6.09 Å². The van der Waals surface area contributed by atoms with E-state index in [0.717, 1.165) is 24.2 Å². The third kappa shape index (κ3) is 5.75. The Morgan fingerprint density at radius 3 is 2.48 bits per heavy atom. The van der Waals surface area contributed by atoms with Crippen LogP contribution in [0.1, 0.15) is 69.2 Å². The van der Waals surface area contributed by atoms with Crippen molar-refractivity contribution in [2.75, 3.05) is 13.1 Å². The van der Waals surface area contributed by atoms with Crippen molar-refractivity contribution in [2.24, 2.45) is 0 Å². The molecule has 0 aromatic heterocycles. The van der Waals surface area contributed by atoms with Crippen molar-refractivity contribution in [3.63, 3.8) is 0 Å². The molecule has 2 aromatic carbocycles. The van der Waals surface area contributed by atoms with Gasteiger partial charge < -0.3 is 14.4 Å². The van der Waals surface area contributed by atoms with Crippen LogP contribution < -0.4 is 4.74 Å². The molecular formula is C25H29FN2O3. The number of carbonyl (C=O) groups excluding carboxylic acids is 1. The Bertz CT molecular complexity index is 969. The zero-order valence-corrected chi connectivity index (χ0v) is 18.5. The number of para-hydroxylation sites is 1. The van der Waals surface area contributed by atoms with Crippen LogP contribution in [-0.2, 0) is 4.74 Å². The smallest absolute Gasteiger partial charge is 0.410 e. The summed E-state index contributed by atoms with van der Waals surface area (Å²) in [6.45, 7) is 8.63. The quantitative estimate of drug-likeness (QED) is 0.608. The van der Waals surface area contributed by atoms with Gasteiger partial charge in [0.2, 0.25) is 0 Å². The van der Waals surface area contributed by atoms with E-state index in [1.807, 2.05) is 51.1 Å². The van der Waals surface area contributed by atoms with Crippen molar-refractivity contribution in [3.05, 3.63) is 65.0 Å². The summed E-state index contributed by atoms with van der Waals surface area (Å²) < 4.78 is 26.0. The molecule has 5 nitrogen and oxygen atoms in total. The van der Waals surface area contributed by atoms with Gasteiger partial charge in [-0.05, 0) is 70.2 Å². The van der Waals surface area contributed by atoms with Crippen LogP contribution in [0, 0.1) is 17.1 Å². The van der Waals surface area contributed by atoms with Crippen LogP contribution in [0.15, 0.2) is 42.5 Å². The van der Waals surface area contributed by atoms with Crippen LogP contribution in [-0.4, -0.2) is 29.7 Å². The van der Waals surface area contributed by atoms with Crippen LogP contribution in [0.2, 0.25) is 0 Å². The normalized spacial score (nSPS) is 15.8. The molecule has 2 aromatic rings. The number of nitrogens with zero attached hydrogens (tertiary/aromatic N) is 2. The zero-order chi connectivity index (χ0) is 22.6. The summed E-state index contributed by atoms with van der Waals surface area (Å²) in [6, 6.07) is 14.2. The number of ether oxygens (including phenoxy) is 2. The predicted molar refractivity (Wildman–Crippen MR) is 116 cm³/mol. The largest absolute Gasteiger partial charge is 0.486 e. The van der Waals surface area contributed by atoms with Crippen LogP contribution in [0.3, 0.4) is 0 Å². The van der Waals surface area contributed by atoms with Crippen LogP contribution in [0.4, 0.5) is 9.18 Å². The zero-order valence-electron chi connectivity index (χ0n) is 18.5. The Balaban J connectivity index is 1.69. The second kappa shape index (κ2) is 9.38. The molecule has 1 aliphatic heterocycles. The molecule has 0 N–H and O–H groups in total. The second-order valence-electron chi connectivity index (χ2n) is 8.89. The van der Waals surface area contributed by atoms with E-state index in [1.165, 1.54) is 6.07 Å². The van der Waals surface area contributed by atoms with E-state index < -0.39 is 17.5 Å². The van der Waals surface area contributed by atoms with Gasteiger partial charge in [0.25, 0.3) is 0 Å². The molecule has 164 valence electrons. The van der Waals surface area contributed by atoms with Gasteiger partial charge in [-0.15, -0.1) is 0 Å². The molecule has 1 amide bonds. The predicted octanol–water partition coefficient (Wildman–Crippen LogP) is 5.95. The lowest BCUT2D eigenvalue weighted by atomic mass is 9.89. The number of hydrogen-bond acceptors (Lipinski definition) is 4. The molecule has 0 saturated carbocycles. The van der Waals surface area contributed by atoms with Gasteiger partial charge in [0.15, 0.2) is 0 Å². The molecule has 1 aliphatic rings. The maximum Gasteiger partial charge on any atom is 0.410 e. The Kier molecular flexibility index (Phi) is 6.84. The molecule has 1 fully saturated rings. The van der Waals surface area contributed by atoms with Gasteiger partial charge in [-0.3, -0.25) is 0 Å². The summed E-state index contributed by atoms with van der Waals surface area (Å²) in [5.41, 5.74) is 1.25. The number of halogens is 1. The van der Waals surface area contributed by atoms with Crippen molar-refractivity contribution in [3.8, 4) is 11.8 Å². The summed E-state index contributed by atoms with van der Waals surface area (Å²) >= 11 is 0. The van der Waals surface area contributed by atoms with Gasteiger partial charge in [-0.2, -0.15) is 5.26 Å². The minimum Gasteiger partial charge on any atom is -0.486 e. The number of piperidine rings is 1. The topological polar surface area (TPSA) is 62.6 Å². The van der Waals surface area contributed by atoms with E-state index in [9.17, 15) is 9.18 Å². The van der Waals surface area contributed by atoms with E-state index >= 15 is 0 Å². The third-order valence-electron chi connectivity index (χ3n) is 5.38. The highest BCUT2D eigenvalue weighted by atomic mass is 19.1. The molecule has 0 radical (unpaired) electrons. The highest BCUT2D eigenvalue weighted by molar-refractivity contribution is 5.68. The Morgan fingerprint density at radius 1 is 1.19 bits per heavy atom. The molecule has 3 rings (SSSR count). The molecule has 0 aliphatic carbocycles. The molecule has 0 spiro atoms. The number of likely N-dealkylation sites (tertiary alicyclic amines) is 1. The fourth-order valence-corrected chi connectivity index (χ4v) is 3.80. The first-order chi connectivity index (χ1) is 14.7. The van der Waals surface area contributed by atoms with Crippen molar-refractivity contribution in [2.45, 2.75) is 58.2 Å². The minimum atomic E-state index is -0.509. The highest BCUT2D eigenvalue weighted by Gasteiger charge is 2.29. The van der Waals surface area contributed by atoms with E-state index in [2.05, 4.69) is 0 Å². The Labute approximate surface area is 183 Å². The van der Waals surface area contributed by atoms with E-state index in [1.54, 1.807) is 24.0 Å². The van der Waals surface area contributed by atoms with E-state index in [-0.39, 0.29) is 17.6 Å². The Hall–Kier alpha value is -3.07. The van der Waals surface area contributed by atoms with E-state index in [4.69, 9.17) is 14.7 Å². The average molecular weight is 425 g/mol. The number of amides is 1. The summed E-state index contributed by atoms with van der Waals surface area (Å²) in [7, 11) is 0. The van der Waals surface area contributed by atoms with Crippen molar-refractivity contribution in [1.29, 1.82) is 5.26 Å². The molecule has 1 heterocycles. The fraction of sp³-hybridized carbons (Fsp3) is 0.440. The molecular weight excluding hydrogens is 395 g/mol. The first-order valence-corrected chi connectivity index (χ1v) is 10.6. The lowest BCUT2D eigenvalue weighted by molar-refractivity contribution is 0.0204. The summed E-state index contributed by atoms with van der Waals surface area (Å²) in [5, 5.41) is 8.94. The average Bonchev–Trinajstić information content (AvgIpc) is 2.73. The highest BCUT2D eigenvalue weighted by Crippen LogP contribution is 2.36. The number of benzene rings is 2. The maximum absolute atomic E-state index is 14.4. The number of nitriles is 1. The van der Waals surface area contributed by atoms with Crippen molar-refractivity contribution >= 4 is 6.09 Å². The maximum atomic E-state index is 14.4. The number of hydrogen-bond donors (Lipinski definition) is 0. The molecule has 0 unspecified atom stereocenters. The van der Waals surface area contributed by atoms with Gasteiger partial charge in [-0.1, -0.05) is 24.3 Å². The van der Waals surface area contributed by atoms with Gasteiger partial charge in [0.05, 0.1) is 11.6 Å². The molecule has 31 heavy (non-hydrogen) atoms. The molecule has 1 atom stereocenters. The van der Waals surface area contributed by atoms with Crippen LogP contribution >= 0.6 is 0 Å². The standard InChI is InChI=1S/C25H29FN2O3/c1-17(20-10-9-18(16-27)15-22(20)26)30-23-8-6-5-7-21(23)19-11-13-28(14-12-19)24(29)31-25(2,3)4/h5-10,15,17,19H,11-14H2,1-4H3/t17-/m1/s1. The van der Waals surface area contributed by atoms with Crippen molar-refractivity contribution < 1.29 is 18.7 Å². The minimum absolute atomic E-state index is 0.243. The summed E-state index contributed by atoms with van der Waals surface area (Å²) in [6.07, 6.45) is 0.828. The molecule has 1 saturated heterocycles. The molecule has 0 bridgehead atoms. The van der Waals surface area contributed by atoms with Gasteiger partial charge in [0.1, 0.15) is 23.3 Å². The van der Waals surface area contributed by atoms with Gasteiger partial charge in [0, 0.05) is 18.7 Å². The second-order valence-corrected chi connectivity index (χ2v) is 8.89. The summed E-state index contributed by atoms with van der Waals surface area (Å²) in [5.74, 6) is 0.511. The SMILES string of the molecule is C[C@@H](Oc1ccccc1C1CCN(C(=O)OC(C)(C)C)CC1)c1ccc(C#N)cc1F. The molecule has 6 heteroatoms. The number of rotatable bonds is 4. The van der Waals surface area contributed by atoms with E-state index in [0.29, 0.717) is 18.7 Å². The first kappa shape index (κ1) is 22.6. The third-order valence-corrected chi connectivity index (χ3v) is 5.38. The van der Waals surface area contributed by atoms with Crippen LogP contribution in [0.25, 0.3) is 0 Å². The monoisotopic (exact) mass is 424 g/mol. The first-order valence-electron chi connectivity index (χ1n) is 10.6. The van der Waals surface area contributed by atoms with Crippen LogP contribution in [0.5, 0.6) is 5.75 Å². The number of carbonyl (C=O) groups is 1. The lowest BCUT2D eigenvalue weighted by Crippen LogP contribution is -2.41. The van der Waals surface area contributed by atoms with Crippen molar-refractivity contribution in [1.82, 2.24) is 4.90 Å². The fourth-order valence-electron chi connectivity index (χ4n) is 3.80. The Morgan fingerprint density at radius 2 is 1.87 bits per heavy atom. The summed E-state index contributed by atoms with van der Waals surface area (Å²) in [4.78, 5) is 14.1. The lowest BCUT2D eigenvalue weighted by Gasteiger charge is -2.34. The van der Waals surface area contributed by atoms with Gasteiger partial charge in [-0.25, -0.2) is 9.18 Å².